The van der Waals surface area contributed by atoms with Crippen molar-refractivity contribution in [2.45, 2.75) is 50.9 Å². The fourth-order valence-corrected chi connectivity index (χ4v) is 3.51. The Balaban J connectivity index is 2.08. The standard InChI is InChI=1S/C18H20N2O4/c1-4-15(21)20(18(16(19)22)9-5-6-10-18)12-7-8-13-14(11-12)24-17(2,3)23-13/h1,7-8,11H,5-6,9-10H2,2-3H3,(H2,19,22). The summed E-state index contributed by atoms with van der Waals surface area (Å²) in [6, 6.07) is 5.07. The third-order valence-electron chi connectivity index (χ3n) is 4.54. The van der Waals surface area contributed by atoms with Crippen molar-refractivity contribution in [3.8, 4) is 23.8 Å². The first-order chi connectivity index (χ1) is 11.3. The molecule has 6 heteroatoms. The minimum absolute atomic E-state index is 0.485. The van der Waals surface area contributed by atoms with Gasteiger partial charge in [0.1, 0.15) is 5.54 Å². The largest absolute Gasteiger partial charge is 0.449 e. The van der Waals surface area contributed by atoms with Crippen LogP contribution in [0.25, 0.3) is 0 Å². The Hall–Kier alpha value is -2.68. The van der Waals surface area contributed by atoms with E-state index in [0.29, 0.717) is 30.0 Å². The summed E-state index contributed by atoms with van der Waals surface area (Å²) in [7, 11) is 0. The number of hydrogen-bond donors (Lipinski definition) is 1. The predicted octanol–water partition coefficient (Wildman–Crippen LogP) is 1.96. The van der Waals surface area contributed by atoms with Crippen LogP contribution in [-0.4, -0.2) is 23.1 Å². The molecular formula is C18H20N2O4. The summed E-state index contributed by atoms with van der Waals surface area (Å²) in [5.41, 5.74) is 5.06. The van der Waals surface area contributed by atoms with Gasteiger partial charge in [0.25, 0.3) is 0 Å². The van der Waals surface area contributed by atoms with Gasteiger partial charge in [0.15, 0.2) is 11.5 Å². The molecular weight excluding hydrogens is 308 g/mol. The molecule has 0 unspecified atom stereocenters. The number of nitrogens with zero attached hydrogens (tertiary/aromatic N) is 1. The van der Waals surface area contributed by atoms with Crippen LogP contribution in [0.2, 0.25) is 0 Å². The summed E-state index contributed by atoms with van der Waals surface area (Å²) < 4.78 is 11.4. The number of carbonyl (C=O) groups is 2. The quantitative estimate of drug-likeness (QED) is 0.860. The molecule has 1 heterocycles. The van der Waals surface area contributed by atoms with E-state index >= 15 is 0 Å². The highest BCUT2D eigenvalue weighted by Gasteiger charge is 2.48. The van der Waals surface area contributed by atoms with E-state index in [9.17, 15) is 9.59 Å². The molecule has 1 aliphatic carbocycles. The highest BCUT2D eigenvalue weighted by Crippen LogP contribution is 2.44. The zero-order valence-corrected chi connectivity index (χ0v) is 13.8. The molecule has 6 nitrogen and oxygen atoms in total. The lowest BCUT2D eigenvalue weighted by molar-refractivity contribution is -0.126. The molecule has 2 aliphatic rings. The van der Waals surface area contributed by atoms with Gasteiger partial charge in [-0.2, -0.15) is 0 Å². The Morgan fingerprint density at radius 1 is 1.21 bits per heavy atom. The normalized spacial score (nSPS) is 19.5. The van der Waals surface area contributed by atoms with Crippen molar-refractivity contribution in [2.24, 2.45) is 5.73 Å². The number of hydrogen-bond acceptors (Lipinski definition) is 4. The van der Waals surface area contributed by atoms with Gasteiger partial charge in [-0.1, -0.05) is 12.8 Å². The molecule has 1 fully saturated rings. The van der Waals surface area contributed by atoms with Gasteiger partial charge in [0, 0.05) is 25.6 Å². The fourth-order valence-electron chi connectivity index (χ4n) is 3.51. The molecule has 2 amide bonds. The SMILES string of the molecule is C#CC(=O)N(c1ccc2c(c1)OC(C)(C)O2)C1(C(N)=O)CCCC1. The van der Waals surface area contributed by atoms with Crippen molar-refractivity contribution in [3.05, 3.63) is 18.2 Å². The van der Waals surface area contributed by atoms with E-state index < -0.39 is 23.1 Å². The zero-order valence-electron chi connectivity index (χ0n) is 13.8. The number of nitrogens with two attached hydrogens (primary N) is 1. The van der Waals surface area contributed by atoms with Crippen LogP contribution in [0.1, 0.15) is 39.5 Å². The Morgan fingerprint density at radius 2 is 1.83 bits per heavy atom. The first-order valence-electron chi connectivity index (χ1n) is 7.92. The van der Waals surface area contributed by atoms with Gasteiger partial charge in [0.05, 0.1) is 0 Å². The molecule has 1 aromatic carbocycles. The van der Waals surface area contributed by atoms with Gasteiger partial charge in [-0.15, -0.1) is 6.42 Å². The van der Waals surface area contributed by atoms with Gasteiger partial charge in [-0.25, -0.2) is 0 Å². The average Bonchev–Trinajstić information content (AvgIpc) is 3.10. The average molecular weight is 328 g/mol. The maximum Gasteiger partial charge on any atom is 0.303 e. The van der Waals surface area contributed by atoms with Crippen molar-refractivity contribution in [3.63, 3.8) is 0 Å². The highest BCUT2D eigenvalue weighted by atomic mass is 16.7. The molecule has 2 N–H and O–H groups in total. The van der Waals surface area contributed by atoms with Gasteiger partial charge < -0.3 is 15.2 Å². The summed E-state index contributed by atoms with van der Waals surface area (Å²) in [6.07, 6.45) is 7.96. The molecule has 1 aliphatic heterocycles. The summed E-state index contributed by atoms with van der Waals surface area (Å²) in [5, 5.41) is 0. The van der Waals surface area contributed by atoms with Crippen molar-refractivity contribution in [1.29, 1.82) is 0 Å². The van der Waals surface area contributed by atoms with Crippen LogP contribution in [0.3, 0.4) is 0 Å². The number of carbonyl (C=O) groups excluding carboxylic acids is 2. The van der Waals surface area contributed by atoms with Crippen molar-refractivity contribution < 1.29 is 19.1 Å². The lowest BCUT2D eigenvalue weighted by Gasteiger charge is -2.37. The zero-order chi connectivity index (χ0) is 17.5. The molecule has 0 bridgehead atoms. The van der Waals surface area contributed by atoms with Gasteiger partial charge in [0.2, 0.25) is 11.7 Å². The first-order valence-corrected chi connectivity index (χ1v) is 7.92. The van der Waals surface area contributed by atoms with E-state index in [2.05, 4.69) is 5.92 Å². The third kappa shape index (κ3) is 2.46. The fraction of sp³-hybridized carbons (Fsp3) is 0.444. The predicted molar refractivity (Wildman–Crippen MR) is 88.5 cm³/mol. The second-order valence-corrected chi connectivity index (χ2v) is 6.62. The van der Waals surface area contributed by atoms with Crippen LogP contribution in [-0.2, 0) is 9.59 Å². The van der Waals surface area contributed by atoms with E-state index in [1.54, 1.807) is 32.0 Å². The van der Waals surface area contributed by atoms with Gasteiger partial charge in [-0.3, -0.25) is 14.5 Å². The van der Waals surface area contributed by atoms with Gasteiger partial charge in [-0.05, 0) is 30.9 Å². The number of amides is 2. The van der Waals surface area contributed by atoms with Crippen molar-refractivity contribution >= 4 is 17.5 Å². The number of rotatable bonds is 3. The number of anilines is 1. The smallest absolute Gasteiger partial charge is 0.303 e. The van der Waals surface area contributed by atoms with Crippen molar-refractivity contribution in [2.75, 3.05) is 4.90 Å². The third-order valence-corrected chi connectivity index (χ3v) is 4.54. The molecule has 3 rings (SSSR count). The lowest BCUT2D eigenvalue weighted by Crippen LogP contribution is -2.58. The Morgan fingerprint density at radius 3 is 2.42 bits per heavy atom. The highest BCUT2D eigenvalue weighted by molar-refractivity contribution is 6.11. The van der Waals surface area contributed by atoms with E-state index in [4.69, 9.17) is 21.6 Å². The maximum atomic E-state index is 12.4. The topological polar surface area (TPSA) is 81.9 Å². The molecule has 0 aromatic heterocycles. The number of primary amides is 1. The van der Waals surface area contributed by atoms with Crippen LogP contribution in [0.15, 0.2) is 18.2 Å². The van der Waals surface area contributed by atoms with Crippen LogP contribution < -0.4 is 20.1 Å². The molecule has 0 spiro atoms. The lowest BCUT2D eigenvalue weighted by atomic mass is 9.93. The van der Waals surface area contributed by atoms with E-state index in [0.717, 1.165) is 12.8 Å². The van der Waals surface area contributed by atoms with E-state index in [-0.39, 0.29) is 0 Å². The molecule has 0 radical (unpaired) electrons. The number of fused-ring (bicyclic) bond motifs is 1. The summed E-state index contributed by atoms with van der Waals surface area (Å²) in [6.45, 7) is 3.58. The van der Waals surface area contributed by atoms with Crippen LogP contribution in [0, 0.1) is 12.3 Å². The summed E-state index contributed by atoms with van der Waals surface area (Å²) in [4.78, 5) is 26.0. The Bertz CT molecular complexity index is 742. The molecule has 1 saturated carbocycles. The van der Waals surface area contributed by atoms with E-state index in [1.807, 2.05) is 0 Å². The first kappa shape index (κ1) is 16.2. The Labute approximate surface area is 140 Å². The van der Waals surface area contributed by atoms with Crippen molar-refractivity contribution in [1.82, 2.24) is 0 Å². The minimum Gasteiger partial charge on any atom is -0.449 e. The molecule has 0 atom stereocenters. The Kier molecular flexibility index (Phi) is 3.67. The number of benzene rings is 1. The second kappa shape index (κ2) is 5.45. The number of ether oxygens (including phenoxy) is 2. The van der Waals surface area contributed by atoms with Crippen LogP contribution in [0.5, 0.6) is 11.5 Å². The molecule has 1 aromatic rings. The summed E-state index contributed by atoms with van der Waals surface area (Å²) in [5.74, 6) is 1.29. The second-order valence-electron chi connectivity index (χ2n) is 6.62. The van der Waals surface area contributed by atoms with Crippen LogP contribution >= 0.6 is 0 Å². The van der Waals surface area contributed by atoms with E-state index in [1.165, 1.54) is 4.90 Å². The summed E-state index contributed by atoms with van der Waals surface area (Å²) >= 11 is 0. The molecule has 0 saturated heterocycles. The van der Waals surface area contributed by atoms with Gasteiger partial charge >= 0.3 is 5.91 Å². The maximum absolute atomic E-state index is 12.4. The monoisotopic (exact) mass is 328 g/mol. The molecule has 126 valence electrons. The molecule has 24 heavy (non-hydrogen) atoms. The van der Waals surface area contributed by atoms with Crippen LogP contribution in [0.4, 0.5) is 5.69 Å². The minimum atomic E-state index is -1.09. The number of terminal acetylenes is 1.